The highest BCUT2D eigenvalue weighted by Crippen LogP contribution is 2.38. The van der Waals surface area contributed by atoms with Crippen LogP contribution in [0.3, 0.4) is 0 Å². The first kappa shape index (κ1) is 23.4. The molecule has 1 saturated heterocycles. The second kappa shape index (κ2) is 9.65. The van der Waals surface area contributed by atoms with Gasteiger partial charge in [0.1, 0.15) is 11.7 Å². The number of carbonyl (C=O) groups is 1. The number of benzene rings is 3. The molecular formula is C27H30FN5O. The predicted octanol–water partition coefficient (Wildman–Crippen LogP) is 4.40. The lowest BCUT2D eigenvalue weighted by molar-refractivity contribution is -0.121. The van der Waals surface area contributed by atoms with Gasteiger partial charge in [-0.1, -0.05) is 42.5 Å². The molecule has 3 aromatic rings. The molecule has 176 valence electrons. The first-order chi connectivity index (χ1) is 16.4. The number of hydrogen-bond acceptors (Lipinski definition) is 4. The number of anilines is 2. The molecule has 1 atom stereocenters. The van der Waals surface area contributed by atoms with Crippen LogP contribution in [0.25, 0.3) is 0 Å². The fourth-order valence-corrected chi connectivity index (χ4v) is 4.68. The van der Waals surface area contributed by atoms with Crippen LogP contribution in [0.2, 0.25) is 0 Å². The number of aryl methyl sites for hydroxylation is 1. The number of rotatable bonds is 7. The van der Waals surface area contributed by atoms with Gasteiger partial charge >= 0.3 is 0 Å². The van der Waals surface area contributed by atoms with Crippen molar-refractivity contribution < 1.29 is 9.18 Å². The molecule has 0 spiro atoms. The van der Waals surface area contributed by atoms with E-state index in [0.29, 0.717) is 23.6 Å². The lowest BCUT2D eigenvalue weighted by Crippen LogP contribution is -2.49. The monoisotopic (exact) mass is 459 g/mol. The van der Waals surface area contributed by atoms with E-state index in [9.17, 15) is 4.79 Å². The van der Waals surface area contributed by atoms with E-state index in [2.05, 4.69) is 5.32 Å². The topological polar surface area (TPSA) is 108 Å². The molecule has 3 aromatic carbocycles. The maximum absolute atomic E-state index is 15.2. The van der Waals surface area contributed by atoms with Gasteiger partial charge in [-0.05, 0) is 60.7 Å². The van der Waals surface area contributed by atoms with Crippen molar-refractivity contribution in [3.8, 4) is 0 Å². The Labute approximate surface area is 199 Å². The largest absolute Gasteiger partial charge is 0.367 e. The van der Waals surface area contributed by atoms with Crippen LogP contribution in [0.4, 0.5) is 15.8 Å². The van der Waals surface area contributed by atoms with Gasteiger partial charge in [-0.2, -0.15) is 0 Å². The molecule has 1 aliphatic rings. The van der Waals surface area contributed by atoms with E-state index < -0.39 is 17.3 Å². The van der Waals surface area contributed by atoms with Crippen LogP contribution in [0.1, 0.15) is 41.5 Å². The van der Waals surface area contributed by atoms with Crippen molar-refractivity contribution in [3.05, 3.63) is 94.8 Å². The minimum Gasteiger partial charge on any atom is -0.367 e. The van der Waals surface area contributed by atoms with Crippen LogP contribution in [-0.4, -0.2) is 18.3 Å². The average molecular weight is 460 g/mol. The molecule has 0 aliphatic carbocycles. The zero-order valence-electron chi connectivity index (χ0n) is 19.3. The molecule has 0 saturated carbocycles. The number of nitrogens with one attached hydrogen (secondary N) is 2. The Morgan fingerprint density at radius 3 is 2.59 bits per heavy atom. The van der Waals surface area contributed by atoms with Gasteiger partial charge in [0, 0.05) is 36.4 Å². The number of halogens is 1. The van der Waals surface area contributed by atoms with Crippen LogP contribution in [0.15, 0.2) is 66.7 Å². The van der Waals surface area contributed by atoms with Crippen LogP contribution in [0, 0.1) is 18.2 Å². The molecule has 1 fully saturated rings. The van der Waals surface area contributed by atoms with E-state index in [-0.39, 0.29) is 5.56 Å². The molecular weight excluding hydrogens is 429 g/mol. The van der Waals surface area contributed by atoms with Crippen molar-refractivity contribution >= 4 is 23.1 Å². The van der Waals surface area contributed by atoms with Crippen molar-refractivity contribution in [3.63, 3.8) is 0 Å². The molecule has 6 nitrogen and oxygen atoms in total. The summed E-state index contributed by atoms with van der Waals surface area (Å²) < 4.78 is 15.2. The summed E-state index contributed by atoms with van der Waals surface area (Å²) in [6.45, 7) is 3.04. The molecule has 0 aromatic heterocycles. The summed E-state index contributed by atoms with van der Waals surface area (Å²) in [5.74, 6) is -0.689. The summed E-state index contributed by atoms with van der Waals surface area (Å²) in [7, 11) is 0. The average Bonchev–Trinajstić information content (AvgIpc) is 2.83. The lowest BCUT2D eigenvalue weighted by Gasteiger charge is -2.36. The zero-order valence-corrected chi connectivity index (χ0v) is 19.3. The minimum absolute atomic E-state index is 0.138. The van der Waals surface area contributed by atoms with E-state index in [0.717, 1.165) is 42.6 Å². The summed E-state index contributed by atoms with van der Waals surface area (Å²) in [6, 6.07) is 19.0. The molecule has 1 unspecified atom stereocenters. The summed E-state index contributed by atoms with van der Waals surface area (Å²) >= 11 is 0. The highest BCUT2D eigenvalue weighted by Gasteiger charge is 2.43. The van der Waals surface area contributed by atoms with Gasteiger partial charge in [-0.3, -0.25) is 10.2 Å². The van der Waals surface area contributed by atoms with Crippen LogP contribution >= 0.6 is 0 Å². The first-order valence-electron chi connectivity index (χ1n) is 11.4. The zero-order chi connectivity index (χ0) is 24.3. The molecule has 1 amide bonds. The Kier molecular flexibility index (Phi) is 6.65. The molecule has 1 aliphatic heterocycles. The third kappa shape index (κ3) is 4.26. The summed E-state index contributed by atoms with van der Waals surface area (Å²) in [5.41, 5.74) is 14.1. The third-order valence-electron chi connectivity index (χ3n) is 6.43. The molecule has 34 heavy (non-hydrogen) atoms. The van der Waals surface area contributed by atoms with E-state index in [1.165, 1.54) is 6.07 Å². The maximum Gasteiger partial charge on any atom is 0.252 e. The molecule has 6 N–H and O–H groups in total. The van der Waals surface area contributed by atoms with E-state index in [1.54, 1.807) is 30.3 Å². The third-order valence-corrected chi connectivity index (χ3v) is 6.43. The van der Waals surface area contributed by atoms with Gasteiger partial charge in [0.25, 0.3) is 5.91 Å². The number of primary amides is 1. The Bertz CT molecular complexity index is 1230. The van der Waals surface area contributed by atoms with Gasteiger partial charge in [0.05, 0.1) is 0 Å². The highest BCUT2D eigenvalue weighted by atomic mass is 19.1. The van der Waals surface area contributed by atoms with E-state index >= 15 is 4.39 Å². The number of hydrogen-bond donors (Lipinski definition) is 4. The smallest absolute Gasteiger partial charge is 0.252 e. The second-order valence-corrected chi connectivity index (χ2v) is 8.68. The van der Waals surface area contributed by atoms with Crippen LogP contribution in [-0.2, 0) is 16.9 Å². The fraction of sp³-hybridized carbons (Fsp3) is 0.259. The van der Waals surface area contributed by atoms with E-state index in [4.69, 9.17) is 16.9 Å². The van der Waals surface area contributed by atoms with Crippen molar-refractivity contribution in [2.24, 2.45) is 11.5 Å². The number of piperidine rings is 1. The molecule has 7 heteroatoms. The molecule has 0 radical (unpaired) electrons. The fourth-order valence-electron chi connectivity index (χ4n) is 4.68. The molecule has 4 rings (SSSR count). The SMILES string of the molecule is Cc1cc(C(Nc2cccc(CN)c2)(C(N)=O)c2ccccc2F)ccc1N1CCCCC1=N. The second-order valence-electron chi connectivity index (χ2n) is 8.68. The normalized spacial score (nSPS) is 15.6. The van der Waals surface area contributed by atoms with Gasteiger partial charge < -0.3 is 21.7 Å². The minimum atomic E-state index is -1.66. The summed E-state index contributed by atoms with van der Waals surface area (Å²) in [6.07, 6.45) is 2.76. The van der Waals surface area contributed by atoms with Gasteiger partial charge in [0.2, 0.25) is 0 Å². The van der Waals surface area contributed by atoms with E-state index in [1.807, 2.05) is 42.2 Å². The highest BCUT2D eigenvalue weighted by molar-refractivity contribution is 5.97. The van der Waals surface area contributed by atoms with Gasteiger partial charge in [0.15, 0.2) is 5.54 Å². The number of amides is 1. The van der Waals surface area contributed by atoms with Crippen molar-refractivity contribution in [1.29, 1.82) is 5.41 Å². The quantitative estimate of drug-likeness (QED) is 0.420. The van der Waals surface area contributed by atoms with Crippen molar-refractivity contribution in [1.82, 2.24) is 0 Å². The van der Waals surface area contributed by atoms with Crippen molar-refractivity contribution in [2.75, 3.05) is 16.8 Å². The first-order valence-corrected chi connectivity index (χ1v) is 11.4. The van der Waals surface area contributed by atoms with Crippen LogP contribution in [0.5, 0.6) is 0 Å². The lowest BCUT2D eigenvalue weighted by atomic mass is 9.80. The number of amidine groups is 1. The molecule has 0 bridgehead atoms. The number of nitrogens with two attached hydrogens (primary N) is 2. The predicted molar refractivity (Wildman–Crippen MR) is 134 cm³/mol. The Balaban J connectivity index is 1.88. The van der Waals surface area contributed by atoms with Crippen molar-refractivity contribution in [2.45, 2.75) is 38.3 Å². The summed E-state index contributed by atoms with van der Waals surface area (Å²) in [4.78, 5) is 15.2. The van der Waals surface area contributed by atoms with Gasteiger partial charge in [-0.25, -0.2) is 4.39 Å². The maximum atomic E-state index is 15.2. The summed E-state index contributed by atoms with van der Waals surface area (Å²) in [5, 5.41) is 11.6. The van der Waals surface area contributed by atoms with Gasteiger partial charge in [-0.15, -0.1) is 0 Å². The number of nitrogens with zero attached hydrogens (tertiary/aromatic N) is 1. The molecule has 1 heterocycles. The number of carbonyl (C=O) groups excluding carboxylic acids is 1. The van der Waals surface area contributed by atoms with Crippen LogP contribution < -0.4 is 21.7 Å². The standard InChI is InChI=1S/C27H30FN5O/c1-18-15-20(12-13-24(18)33-14-5-4-11-25(33)30)27(26(31)34,22-9-2-3-10-23(22)28)32-21-8-6-7-19(16-21)17-29/h2-3,6-10,12-13,15-16,30,32H,4-5,11,14,17,29H2,1H3,(H2,31,34). The Morgan fingerprint density at radius 2 is 1.91 bits per heavy atom. The Morgan fingerprint density at radius 1 is 1.12 bits per heavy atom. The Hall–Kier alpha value is -3.71.